The number of benzene rings is 2. The minimum atomic E-state index is 1.13. The lowest BCUT2D eigenvalue weighted by Crippen LogP contribution is -2.02. The highest BCUT2D eigenvalue weighted by Crippen LogP contribution is 2.20. The first-order chi connectivity index (χ1) is 8.43. The van der Waals surface area contributed by atoms with Crippen LogP contribution in [-0.2, 0) is 0 Å². The molecule has 1 aliphatic heterocycles. The lowest BCUT2D eigenvalue weighted by Gasteiger charge is -2.07. The summed E-state index contributed by atoms with van der Waals surface area (Å²) < 4.78 is 0. The zero-order valence-electron chi connectivity index (χ0n) is 9.43. The van der Waals surface area contributed by atoms with Gasteiger partial charge in [0.2, 0.25) is 0 Å². The van der Waals surface area contributed by atoms with E-state index >= 15 is 0 Å². The largest absolute Gasteiger partial charge is 0.361 e. The average Bonchev–Trinajstić information content (AvgIpc) is 2.67. The third kappa shape index (κ3) is 2.00. The topological polar surface area (TPSA) is 12.0 Å². The summed E-state index contributed by atoms with van der Waals surface area (Å²) in [6.07, 6.45) is 10.1. The second-order valence-electron chi connectivity index (χ2n) is 4.03. The Hall–Kier alpha value is -2.28. The maximum atomic E-state index is 3.28. The van der Waals surface area contributed by atoms with E-state index < -0.39 is 0 Å². The van der Waals surface area contributed by atoms with Gasteiger partial charge in [0.25, 0.3) is 0 Å². The Morgan fingerprint density at radius 2 is 1.65 bits per heavy atom. The van der Waals surface area contributed by atoms with Crippen LogP contribution in [0.15, 0.2) is 73.0 Å². The van der Waals surface area contributed by atoms with E-state index in [-0.39, 0.29) is 0 Å². The molecule has 1 N–H and O–H groups in total. The highest BCUT2D eigenvalue weighted by molar-refractivity contribution is 5.86. The van der Waals surface area contributed by atoms with Crippen LogP contribution in [0.25, 0.3) is 16.5 Å². The molecule has 0 aliphatic carbocycles. The fourth-order valence-corrected chi connectivity index (χ4v) is 1.99. The van der Waals surface area contributed by atoms with Gasteiger partial charge in [0.05, 0.1) is 0 Å². The van der Waals surface area contributed by atoms with Crippen molar-refractivity contribution in [2.75, 3.05) is 0 Å². The second-order valence-corrected chi connectivity index (χ2v) is 4.03. The van der Waals surface area contributed by atoms with E-state index in [4.69, 9.17) is 0 Å². The lowest BCUT2D eigenvalue weighted by molar-refractivity contribution is 1.22. The van der Waals surface area contributed by atoms with Gasteiger partial charge in [-0.3, -0.25) is 0 Å². The Kier molecular flexibility index (Phi) is 2.51. The van der Waals surface area contributed by atoms with Crippen LogP contribution in [0.5, 0.6) is 0 Å². The van der Waals surface area contributed by atoms with E-state index in [1.165, 1.54) is 16.3 Å². The van der Waals surface area contributed by atoms with Crippen molar-refractivity contribution in [3.8, 4) is 0 Å². The molecular formula is C16H13N. The first kappa shape index (κ1) is 9.91. The van der Waals surface area contributed by atoms with E-state index in [0.717, 1.165) is 5.70 Å². The van der Waals surface area contributed by atoms with Gasteiger partial charge in [-0.1, -0.05) is 48.6 Å². The lowest BCUT2D eigenvalue weighted by atomic mass is 10.0. The first-order valence-electron chi connectivity index (χ1n) is 5.73. The molecule has 1 heterocycles. The van der Waals surface area contributed by atoms with Gasteiger partial charge in [0, 0.05) is 11.9 Å². The molecule has 1 nitrogen and oxygen atoms in total. The average molecular weight is 219 g/mol. The normalized spacial score (nSPS) is 14.2. The van der Waals surface area contributed by atoms with Crippen LogP contribution >= 0.6 is 0 Å². The van der Waals surface area contributed by atoms with E-state index in [0.29, 0.717) is 0 Å². The van der Waals surface area contributed by atoms with Crippen molar-refractivity contribution >= 4 is 16.5 Å². The van der Waals surface area contributed by atoms with Crippen molar-refractivity contribution in [3.63, 3.8) is 0 Å². The van der Waals surface area contributed by atoms with Gasteiger partial charge in [-0.15, -0.1) is 0 Å². The molecule has 0 atom stereocenters. The Balaban J connectivity index is 2.09. The third-order valence-electron chi connectivity index (χ3n) is 2.88. The Morgan fingerprint density at radius 3 is 2.59 bits per heavy atom. The predicted octanol–water partition coefficient (Wildman–Crippen LogP) is 3.85. The molecule has 0 fully saturated rings. The molecule has 2 aromatic carbocycles. The van der Waals surface area contributed by atoms with Crippen LogP contribution in [0.2, 0.25) is 0 Å². The van der Waals surface area contributed by atoms with Crippen molar-refractivity contribution in [2.24, 2.45) is 0 Å². The molecule has 1 aliphatic rings. The van der Waals surface area contributed by atoms with Gasteiger partial charge in [0.1, 0.15) is 0 Å². The number of hydrogen-bond acceptors (Lipinski definition) is 1. The van der Waals surface area contributed by atoms with E-state index in [2.05, 4.69) is 53.9 Å². The zero-order valence-corrected chi connectivity index (χ0v) is 9.43. The Labute approximate surface area is 101 Å². The molecule has 3 rings (SSSR count). The van der Waals surface area contributed by atoms with Gasteiger partial charge in [-0.25, -0.2) is 0 Å². The molecule has 0 radical (unpaired) electrons. The molecule has 0 unspecified atom stereocenters. The number of nitrogens with one attached hydrogen (secondary N) is 1. The Morgan fingerprint density at radius 1 is 0.765 bits per heavy atom. The minimum Gasteiger partial charge on any atom is -0.361 e. The van der Waals surface area contributed by atoms with Crippen LogP contribution < -0.4 is 5.32 Å². The van der Waals surface area contributed by atoms with Gasteiger partial charge in [0.15, 0.2) is 0 Å². The summed E-state index contributed by atoms with van der Waals surface area (Å²) in [4.78, 5) is 0. The molecule has 0 bridgehead atoms. The summed E-state index contributed by atoms with van der Waals surface area (Å²) >= 11 is 0. The van der Waals surface area contributed by atoms with Gasteiger partial charge < -0.3 is 5.32 Å². The number of allylic oxidation sites excluding steroid dienone is 4. The molecule has 0 aromatic heterocycles. The number of hydrogen-bond donors (Lipinski definition) is 1. The van der Waals surface area contributed by atoms with Gasteiger partial charge in [-0.2, -0.15) is 0 Å². The quantitative estimate of drug-likeness (QED) is 0.768. The van der Waals surface area contributed by atoms with E-state index in [9.17, 15) is 0 Å². The molecule has 0 amide bonds. The molecule has 0 spiro atoms. The monoisotopic (exact) mass is 219 g/mol. The van der Waals surface area contributed by atoms with Crippen LogP contribution in [0.4, 0.5) is 0 Å². The molecule has 17 heavy (non-hydrogen) atoms. The fraction of sp³-hybridized carbons (Fsp3) is 0. The van der Waals surface area contributed by atoms with E-state index in [1.54, 1.807) is 0 Å². The number of rotatable bonds is 1. The van der Waals surface area contributed by atoms with Gasteiger partial charge >= 0.3 is 0 Å². The highest BCUT2D eigenvalue weighted by Gasteiger charge is 2.01. The van der Waals surface area contributed by atoms with Crippen molar-refractivity contribution < 1.29 is 0 Å². The molecule has 0 saturated heterocycles. The van der Waals surface area contributed by atoms with Crippen molar-refractivity contribution in [2.45, 2.75) is 0 Å². The SMILES string of the molecule is C1=CC=C(c2ccc3ccccc3c2)NC=C1. The van der Waals surface area contributed by atoms with E-state index in [1.807, 2.05) is 24.4 Å². The molecule has 1 heteroatoms. The summed E-state index contributed by atoms with van der Waals surface area (Å²) in [7, 11) is 0. The summed E-state index contributed by atoms with van der Waals surface area (Å²) in [5.41, 5.74) is 2.33. The fourth-order valence-electron chi connectivity index (χ4n) is 1.99. The van der Waals surface area contributed by atoms with Crippen LogP contribution in [0, 0.1) is 0 Å². The van der Waals surface area contributed by atoms with Crippen molar-refractivity contribution in [3.05, 3.63) is 78.5 Å². The van der Waals surface area contributed by atoms with Crippen molar-refractivity contribution in [1.82, 2.24) is 5.32 Å². The van der Waals surface area contributed by atoms with Crippen LogP contribution in [0.3, 0.4) is 0 Å². The van der Waals surface area contributed by atoms with Crippen molar-refractivity contribution in [1.29, 1.82) is 0 Å². The molecule has 82 valence electrons. The highest BCUT2D eigenvalue weighted by atomic mass is 14.8. The van der Waals surface area contributed by atoms with Crippen LogP contribution in [-0.4, -0.2) is 0 Å². The standard InChI is InChI=1S/C16H13N/c1-2-8-16(17-11-5-1)15-10-9-13-6-3-4-7-14(13)12-15/h1-12,17H. The maximum Gasteiger partial charge on any atom is 0.0453 e. The van der Waals surface area contributed by atoms with Crippen LogP contribution in [0.1, 0.15) is 5.56 Å². The number of fused-ring (bicyclic) bond motifs is 1. The summed E-state index contributed by atoms with van der Waals surface area (Å²) in [6.45, 7) is 0. The third-order valence-corrected chi connectivity index (χ3v) is 2.88. The summed E-state index contributed by atoms with van der Waals surface area (Å²) in [6, 6.07) is 14.9. The second kappa shape index (κ2) is 4.30. The first-order valence-corrected chi connectivity index (χ1v) is 5.73. The predicted molar refractivity (Wildman–Crippen MR) is 73.3 cm³/mol. The smallest absolute Gasteiger partial charge is 0.0453 e. The maximum absolute atomic E-state index is 3.28. The Bertz CT molecular complexity index is 633. The summed E-state index contributed by atoms with van der Waals surface area (Å²) in [5, 5.41) is 5.82. The molecular weight excluding hydrogens is 206 g/mol. The zero-order chi connectivity index (χ0) is 11.5. The van der Waals surface area contributed by atoms with Gasteiger partial charge in [-0.05, 0) is 34.6 Å². The minimum absolute atomic E-state index is 1.13. The molecule has 2 aromatic rings. The molecule has 0 saturated carbocycles. The summed E-state index contributed by atoms with van der Waals surface area (Å²) in [5.74, 6) is 0.